The number of benzene rings is 3. The van der Waals surface area contributed by atoms with E-state index in [2.05, 4.69) is 14.6 Å². The third kappa shape index (κ3) is 6.13. The number of aromatic nitrogens is 1. The molecule has 2 N–H and O–H groups in total. The number of pyridine rings is 1. The van der Waals surface area contributed by atoms with Crippen molar-refractivity contribution in [3.05, 3.63) is 94.1 Å². The molecular formula is C28H26Cl2N4O2S. The minimum absolute atomic E-state index is 0.0201. The van der Waals surface area contributed by atoms with Crippen LogP contribution in [0.5, 0.6) is 5.75 Å². The number of aromatic hydroxyl groups is 1. The minimum atomic E-state index is 0.0201. The molecule has 5 rings (SSSR count). The van der Waals surface area contributed by atoms with Crippen molar-refractivity contribution in [1.82, 2.24) is 14.8 Å². The van der Waals surface area contributed by atoms with Gasteiger partial charge in [0.1, 0.15) is 5.75 Å². The van der Waals surface area contributed by atoms with Gasteiger partial charge in [-0.05, 0) is 66.9 Å². The number of carbonyl (C=O) groups excluding carboxylic acids is 1. The number of phenols is 1. The zero-order valence-corrected chi connectivity index (χ0v) is 22.4. The fraction of sp³-hybridized carbons (Fsp3) is 0.214. The highest BCUT2D eigenvalue weighted by Gasteiger charge is 2.22. The van der Waals surface area contributed by atoms with Gasteiger partial charge < -0.3 is 14.7 Å². The van der Waals surface area contributed by atoms with Gasteiger partial charge in [0.05, 0.1) is 15.4 Å². The zero-order chi connectivity index (χ0) is 25.8. The van der Waals surface area contributed by atoms with Crippen LogP contribution in [-0.2, 0) is 6.54 Å². The normalized spacial score (nSPS) is 14.5. The summed E-state index contributed by atoms with van der Waals surface area (Å²) in [5, 5.41) is 12.2. The van der Waals surface area contributed by atoms with Crippen molar-refractivity contribution in [3.63, 3.8) is 0 Å². The number of fused-ring (bicyclic) bond motifs is 1. The second kappa shape index (κ2) is 11.6. The number of halogens is 2. The Labute approximate surface area is 230 Å². The number of nitrogens with one attached hydrogen (secondary N) is 1. The predicted octanol–water partition coefficient (Wildman–Crippen LogP) is 6.71. The molecule has 6 nitrogen and oxygen atoms in total. The molecule has 3 aromatic carbocycles. The van der Waals surface area contributed by atoms with Crippen molar-refractivity contribution in [2.45, 2.75) is 17.9 Å². The highest BCUT2D eigenvalue weighted by Crippen LogP contribution is 2.31. The fourth-order valence-electron chi connectivity index (χ4n) is 4.44. The van der Waals surface area contributed by atoms with E-state index in [1.54, 1.807) is 12.3 Å². The first-order valence-electron chi connectivity index (χ1n) is 12.0. The number of nitrogens with zero attached hydrogens (tertiary/aromatic N) is 3. The first-order chi connectivity index (χ1) is 18.0. The van der Waals surface area contributed by atoms with Gasteiger partial charge in [-0.2, -0.15) is 0 Å². The Morgan fingerprint density at radius 3 is 2.62 bits per heavy atom. The summed E-state index contributed by atoms with van der Waals surface area (Å²) in [7, 11) is 0. The average molecular weight is 554 g/mol. The summed E-state index contributed by atoms with van der Waals surface area (Å²) in [5.74, 6) is 0.116. The Kier molecular flexibility index (Phi) is 8.05. The number of amides is 1. The van der Waals surface area contributed by atoms with Crippen molar-refractivity contribution in [1.29, 1.82) is 0 Å². The average Bonchev–Trinajstić information content (AvgIpc) is 3.15. The Balaban J connectivity index is 1.18. The molecule has 0 bridgehead atoms. The lowest BCUT2D eigenvalue weighted by molar-refractivity contribution is 0.0761. The molecule has 0 aliphatic carbocycles. The number of hydrogen-bond acceptors (Lipinski definition) is 6. The maximum atomic E-state index is 13.2. The zero-order valence-electron chi connectivity index (χ0n) is 20.0. The molecule has 9 heteroatoms. The van der Waals surface area contributed by atoms with E-state index in [9.17, 15) is 9.90 Å². The topological polar surface area (TPSA) is 68.7 Å². The van der Waals surface area contributed by atoms with Crippen molar-refractivity contribution in [3.8, 4) is 5.75 Å². The SMILES string of the molecule is O=C(c1ccc(NSc2cccc3cccnc23)cc1)N1CCCN(Cc2c(O)cc(Cl)cc2Cl)CC1. The molecule has 0 saturated carbocycles. The van der Waals surface area contributed by atoms with E-state index in [4.69, 9.17) is 23.2 Å². The summed E-state index contributed by atoms with van der Waals surface area (Å²) >= 11 is 13.8. The van der Waals surface area contributed by atoms with Crippen molar-refractivity contribution < 1.29 is 9.90 Å². The molecule has 2 heterocycles. The van der Waals surface area contributed by atoms with Crippen LogP contribution in [0.2, 0.25) is 10.0 Å². The fourth-order valence-corrected chi connectivity index (χ4v) is 5.76. The lowest BCUT2D eigenvalue weighted by Gasteiger charge is -2.23. The summed E-state index contributed by atoms with van der Waals surface area (Å²) in [6.07, 6.45) is 2.64. The first-order valence-corrected chi connectivity index (χ1v) is 13.6. The minimum Gasteiger partial charge on any atom is -0.508 e. The molecule has 0 unspecified atom stereocenters. The quantitative estimate of drug-likeness (QED) is 0.259. The number of carbonyl (C=O) groups is 1. The van der Waals surface area contributed by atoms with Crippen molar-refractivity contribution in [2.75, 3.05) is 30.9 Å². The summed E-state index contributed by atoms with van der Waals surface area (Å²) in [4.78, 5) is 22.8. The third-order valence-electron chi connectivity index (χ3n) is 6.40. The molecule has 1 aliphatic heterocycles. The van der Waals surface area contributed by atoms with Crippen LogP contribution in [0.3, 0.4) is 0 Å². The molecule has 1 saturated heterocycles. The van der Waals surface area contributed by atoms with Gasteiger partial charge in [-0.3, -0.25) is 14.7 Å². The molecular weight excluding hydrogens is 527 g/mol. The van der Waals surface area contributed by atoms with Crippen LogP contribution < -0.4 is 4.72 Å². The second-order valence-electron chi connectivity index (χ2n) is 8.92. The molecule has 190 valence electrons. The first kappa shape index (κ1) is 25.7. The Morgan fingerprint density at radius 1 is 1.00 bits per heavy atom. The number of hydrogen-bond donors (Lipinski definition) is 2. The standard InChI is InChI=1S/C28H26Cl2N4O2S/c29-21-16-24(30)23(25(35)17-21)18-33-12-3-13-34(15-14-33)28(36)20-7-9-22(10-8-20)32-37-26-6-1-4-19-5-2-11-31-27(19)26/h1-2,4-11,16-17,32,35H,3,12-15,18H2. The van der Waals surface area contributed by atoms with E-state index in [1.807, 2.05) is 59.5 Å². The molecule has 37 heavy (non-hydrogen) atoms. The third-order valence-corrected chi connectivity index (χ3v) is 7.84. The monoisotopic (exact) mass is 552 g/mol. The highest BCUT2D eigenvalue weighted by molar-refractivity contribution is 8.00. The summed E-state index contributed by atoms with van der Waals surface area (Å²) in [6.45, 7) is 3.30. The number of para-hydroxylation sites is 1. The van der Waals surface area contributed by atoms with Crippen LogP contribution in [0, 0.1) is 0 Å². The Morgan fingerprint density at radius 2 is 1.81 bits per heavy atom. The molecule has 4 aromatic rings. The van der Waals surface area contributed by atoms with Gasteiger partial charge in [0.15, 0.2) is 0 Å². The summed E-state index contributed by atoms with van der Waals surface area (Å²) in [6, 6.07) is 20.8. The largest absolute Gasteiger partial charge is 0.508 e. The van der Waals surface area contributed by atoms with Gasteiger partial charge >= 0.3 is 0 Å². The van der Waals surface area contributed by atoms with Gasteiger partial charge in [-0.25, -0.2) is 0 Å². The second-order valence-corrected chi connectivity index (χ2v) is 10.6. The number of anilines is 1. The Bertz CT molecular complexity index is 1390. The maximum Gasteiger partial charge on any atom is 0.253 e. The van der Waals surface area contributed by atoms with Crippen LogP contribution in [-0.4, -0.2) is 52.0 Å². The van der Waals surface area contributed by atoms with E-state index in [0.717, 1.165) is 34.5 Å². The molecule has 1 aliphatic rings. The number of rotatable bonds is 6. The van der Waals surface area contributed by atoms with Crippen LogP contribution in [0.4, 0.5) is 5.69 Å². The van der Waals surface area contributed by atoms with Gasteiger partial charge in [-0.1, -0.05) is 41.4 Å². The van der Waals surface area contributed by atoms with Gasteiger partial charge in [0.2, 0.25) is 0 Å². The smallest absolute Gasteiger partial charge is 0.253 e. The van der Waals surface area contributed by atoms with Gasteiger partial charge in [-0.15, -0.1) is 0 Å². The van der Waals surface area contributed by atoms with Crippen LogP contribution in [0.15, 0.2) is 77.8 Å². The Hall–Kier alpha value is -2.97. The number of phenolic OH excluding ortho intramolecular Hbond substituents is 1. The van der Waals surface area contributed by atoms with Crippen molar-refractivity contribution >= 4 is 57.6 Å². The van der Waals surface area contributed by atoms with E-state index in [1.165, 1.54) is 18.0 Å². The van der Waals surface area contributed by atoms with E-state index in [0.29, 0.717) is 47.4 Å². The summed E-state index contributed by atoms with van der Waals surface area (Å²) in [5.41, 5.74) is 3.19. The van der Waals surface area contributed by atoms with Gasteiger partial charge in [0.25, 0.3) is 5.91 Å². The molecule has 0 atom stereocenters. The van der Waals surface area contributed by atoms with E-state index in [-0.39, 0.29) is 11.7 Å². The van der Waals surface area contributed by atoms with Crippen LogP contribution >= 0.6 is 35.1 Å². The van der Waals surface area contributed by atoms with E-state index < -0.39 is 0 Å². The highest BCUT2D eigenvalue weighted by atomic mass is 35.5. The van der Waals surface area contributed by atoms with Crippen molar-refractivity contribution in [2.24, 2.45) is 0 Å². The molecule has 0 radical (unpaired) electrons. The lowest BCUT2D eigenvalue weighted by Crippen LogP contribution is -2.35. The maximum absolute atomic E-state index is 13.2. The molecule has 1 fully saturated rings. The summed E-state index contributed by atoms with van der Waals surface area (Å²) < 4.78 is 3.36. The van der Waals surface area contributed by atoms with E-state index >= 15 is 0 Å². The molecule has 1 amide bonds. The van der Waals surface area contributed by atoms with Crippen LogP contribution in [0.1, 0.15) is 22.3 Å². The molecule has 0 spiro atoms. The van der Waals surface area contributed by atoms with Gasteiger partial charge in [0, 0.05) is 66.1 Å². The predicted molar refractivity (Wildman–Crippen MR) is 152 cm³/mol. The molecule has 1 aromatic heterocycles. The lowest BCUT2D eigenvalue weighted by atomic mass is 10.2. The van der Waals surface area contributed by atoms with Crippen LogP contribution in [0.25, 0.3) is 10.9 Å².